The number of aromatic nitrogens is 4. The van der Waals surface area contributed by atoms with Crippen LogP contribution in [0.2, 0.25) is 0 Å². The van der Waals surface area contributed by atoms with E-state index in [0.717, 1.165) is 12.1 Å². The number of hydrogen-bond donors (Lipinski definition) is 3. The van der Waals surface area contributed by atoms with E-state index in [1.807, 2.05) is 19.9 Å². The smallest absolute Gasteiger partial charge is 0.273 e. The molecule has 1 saturated heterocycles. The van der Waals surface area contributed by atoms with Crippen LogP contribution in [0, 0.1) is 6.92 Å². The van der Waals surface area contributed by atoms with E-state index in [1.54, 1.807) is 4.90 Å². The lowest BCUT2D eigenvalue weighted by Crippen LogP contribution is -2.39. The lowest BCUT2D eigenvalue weighted by molar-refractivity contribution is -0.126. The zero-order chi connectivity index (χ0) is 19.6. The lowest BCUT2D eigenvalue weighted by atomic mass is 10.1. The third kappa shape index (κ3) is 4.03. The number of primary amides is 1. The third-order valence-electron chi connectivity index (χ3n) is 4.32. The van der Waals surface area contributed by atoms with Crippen LogP contribution in [0.15, 0.2) is 18.7 Å². The molecule has 0 radical (unpaired) electrons. The van der Waals surface area contributed by atoms with Crippen LogP contribution < -0.4 is 16.4 Å². The highest BCUT2D eigenvalue weighted by Crippen LogP contribution is 2.24. The van der Waals surface area contributed by atoms with Gasteiger partial charge < -0.3 is 21.3 Å². The Morgan fingerprint density at radius 2 is 2.22 bits per heavy atom. The number of rotatable bonds is 6. The minimum Gasteiger partial charge on any atom is -0.364 e. The summed E-state index contributed by atoms with van der Waals surface area (Å²) in [6, 6.07) is 1.71. The van der Waals surface area contributed by atoms with Crippen LogP contribution in [0.1, 0.15) is 29.5 Å². The van der Waals surface area contributed by atoms with Crippen molar-refractivity contribution in [2.45, 2.75) is 32.4 Å². The van der Waals surface area contributed by atoms with Crippen molar-refractivity contribution < 1.29 is 9.59 Å². The molecule has 4 N–H and O–H groups in total. The van der Waals surface area contributed by atoms with Crippen LogP contribution >= 0.6 is 11.5 Å². The largest absolute Gasteiger partial charge is 0.364 e. The van der Waals surface area contributed by atoms with Crippen molar-refractivity contribution in [1.29, 1.82) is 0 Å². The van der Waals surface area contributed by atoms with E-state index >= 15 is 0 Å². The second-order valence-electron chi connectivity index (χ2n) is 6.17. The second kappa shape index (κ2) is 7.66. The van der Waals surface area contributed by atoms with E-state index in [-0.39, 0.29) is 35.5 Å². The average molecular weight is 388 g/mol. The molecule has 3 rings (SSSR count). The molecule has 142 valence electrons. The Bertz CT molecular complexity index is 883. The highest BCUT2D eigenvalue weighted by Gasteiger charge is 2.33. The summed E-state index contributed by atoms with van der Waals surface area (Å²) >= 11 is 1.23. The molecule has 0 unspecified atom stereocenters. The van der Waals surface area contributed by atoms with Crippen molar-refractivity contribution in [3.05, 3.63) is 30.1 Å². The van der Waals surface area contributed by atoms with Crippen LogP contribution in [-0.2, 0) is 4.79 Å². The Hall–Kier alpha value is -3.08. The van der Waals surface area contributed by atoms with Crippen molar-refractivity contribution >= 4 is 40.1 Å². The molecule has 0 aromatic carbocycles. The van der Waals surface area contributed by atoms with E-state index in [0.29, 0.717) is 11.5 Å². The van der Waals surface area contributed by atoms with Crippen molar-refractivity contribution in [2.24, 2.45) is 5.73 Å². The summed E-state index contributed by atoms with van der Waals surface area (Å²) in [5, 5.41) is 14.7. The predicted octanol–water partition coefficient (Wildman–Crippen LogP) is 1.07. The summed E-state index contributed by atoms with van der Waals surface area (Å²) in [5.74, 6) is -0.401. The van der Waals surface area contributed by atoms with Gasteiger partial charge in [-0.2, -0.15) is 9.36 Å². The summed E-state index contributed by atoms with van der Waals surface area (Å²) in [6.45, 7) is 7.94. The number of nitrogens with two attached hydrogens (primary N) is 1. The molecule has 2 atom stereocenters. The minimum absolute atomic E-state index is 0.0476. The number of carbonyl (C=O) groups is 2. The summed E-state index contributed by atoms with van der Waals surface area (Å²) in [6.07, 6.45) is 2.04. The molecular formula is C16H20N8O2S. The molecule has 3 heterocycles. The number of hydrogen-bond acceptors (Lipinski definition) is 9. The van der Waals surface area contributed by atoms with Gasteiger partial charge in [0.25, 0.3) is 5.91 Å². The Kier molecular flexibility index (Phi) is 5.31. The van der Waals surface area contributed by atoms with E-state index in [4.69, 9.17) is 5.73 Å². The van der Waals surface area contributed by atoms with Gasteiger partial charge in [-0.05, 0) is 43.9 Å². The molecule has 1 aliphatic rings. The van der Waals surface area contributed by atoms with Crippen LogP contribution in [0.3, 0.4) is 0 Å². The van der Waals surface area contributed by atoms with Gasteiger partial charge in [0.2, 0.25) is 11.9 Å². The van der Waals surface area contributed by atoms with E-state index in [2.05, 4.69) is 36.8 Å². The van der Waals surface area contributed by atoms with E-state index in [9.17, 15) is 9.59 Å². The van der Waals surface area contributed by atoms with Crippen LogP contribution in [-0.4, -0.2) is 54.9 Å². The van der Waals surface area contributed by atoms with Crippen molar-refractivity contribution in [3.8, 4) is 0 Å². The quantitative estimate of drug-likeness (QED) is 0.624. The van der Waals surface area contributed by atoms with Crippen LogP contribution in [0.5, 0.6) is 0 Å². The number of carbonyl (C=O) groups excluding carboxylic acids is 2. The van der Waals surface area contributed by atoms with Crippen LogP contribution in [0.4, 0.5) is 16.8 Å². The normalized spacial score (nSPS) is 19.0. The highest BCUT2D eigenvalue weighted by atomic mass is 32.1. The summed E-state index contributed by atoms with van der Waals surface area (Å²) in [5.41, 5.74) is 6.15. The topological polar surface area (TPSA) is 139 Å². The summed E-state index contributed by atoms with van der Waals surface area (Å²) in [4.78, 5) is 29.6. The van der Waals surface area contributed by atoms with Gasteiger partial charge in [0.05, 0.1) is 11.7 Å². The van der Waals surface area contributed by atoms with Crippen molar-refractivity contribution in [2.75, 3.05) is 17.2 Å². The molecule has 0 aliphatic carbocycles. The van der Waals surface area contributed by atoms with Gasteiger partial charge in [-0.1, -0.05) is 6.58 Å². The lowest BCUT2D eigenvalue weighted by Gasteiger charge is -2.24. The molecule has 27 heavy (non-hydrogen) atoms. The molecule has 11 heteroatoms. The van der Waals surface area contributed by atoms with E-state index in [1.165, 1.54) is 17.6 Å². The number of aryl methyl sites for hydroxylation is 1. The Morgan fingerprint density at radius 1 is 1.44 bits per heavy atom. The third-order valence-corrected chi connectivity index (χ3v) is 5.11. The van der Waals surface area contributed by atoms with Crippen molar-refractivity contribution in [3.63, 3.8) is 0 Å². The van der Waals surface area contributed by atoms with Gasteiger partial charge in [0.15, 0.2) is 11.5 Å². The fourth-order valence-electron chi connectivity index (χ4n) is 2.91. The van der Waals surface area contributed by atoms with Gasteiger partial charge in [-0.25, -0.2) is 0 Å². The highest BCUT2D eigenvalue weighted by molar-refractivity contribution is 7.10. The summed E-state index contributed by atoms with van der Waals surface area (Å²) in [7, 11) is 0. The molecule has 2 aromatic heterocycles. The molecule has 1 fully saturated rings. The SMILES string of the molecule is C=CC(=O)N1CC[C@@H](Nc2nnc(C(N)=O)c(Nc3cc(C)ns3)n2)[C@H]1C. The maximum Gasteiger partial charge on any atom is 0.273 e. The summed E-state index contributed by atoms with van der Waals surface area (Å²) < 4.78 is 4.17. The first-order valence-electron chi connectivity index (χ1n) is 8.33. The Morgan fingerprint density at radius 3 is 2.85 bits per heavy atom. The first kappa shape index (κ1) is 18.7. The zero-order valence-electron chi connectivity index (χ0n) is 15.0. The number of amides is 2. The van der Waals surface area contributed by atoms with Gasteiger partial charge in [-0.15, -0.1) is 10.2 Å². The predicted molar refractivity (Wildman–Crippen MR) is 102 cm³/mol. The maximum absolute atomic E-state index is 11.9. The Labute approximate surface area is 160 Å². The molecule has 10 nitrogen and oxygen atoms in total. The molecule has 1 aliphatic heterocycles. The first-order chi connectivity index (χ1) is 12.9. The van der Waals surface area contributed by atoms with Crippen molar-refractivity contribution in [1.82, 2.24) is 24.5 Å². The minimum atomic E-state index is -0.734. The zero-order valence-corrected chi connectivity index (χ0v) is 15.8. The van der Waals surface area contributed by atoms with Gasteiger partial charge >= 0.3 is 0 Å². The number of likely N-dealkylation sites (tertiary alicyclic amines) is 1. The van der Waals surface area contributed by atoms with E-state index < -0.39 is 5.91 Å². The standard InChI is InChI=1S/C16H20N8O2S/c1-4-12(25)24-6-5-10(9(24)3)18-16-20-15(13(14(17)26)21-22-16)19-11-7-8(2)23-27-11/h4,7,9-10H,1,5-6H2,2-3H3,(H2,17,26)(H2,18,19,20,22)/t9-,10-/m1/s1. The molecular weight excluding hydrogens is 368 g/mol. The van der Waals surface area contributed by atoms with Gasteiger partial charge in [-0.3, -0.25) is 9.59 Å². The number of anilines is 3. The van der Waals surface area contributed by atoms with Gasteiger partial charge in [0, 0.05) is 12.6 Å². The number of nitrogens with one attached hydrogen (secondary N) is 2. The molecule has 2 amide bonds. The number of nitrogens with zero attached hydrogens (tertiary/aromatic N) is 5. The molecule has 2 aromatic rings. The van der Waals surface area contributed by atoms with Crippen LogP contribution in [0.25, 0.3) is 0 Å². The monoisotopic (exact) mass is 388 g/mol. The fraction of sp³-hybridized carbons (Fsp3) is 0.375. The first-order valence-corrected chi connectivity index (χ1v) is 9.10. The molecule has 0 saturated carbocycles. The molecule has 0 bridgehead atoms. The second-order valence-corrected chi connectivity index (χ2v) is 6.98. The Balaban J connectivity index is 1.80. The average Bonchev–Trinajstić information content (AvgIpc) is 3.20. The fourth-order valence-corrected chi connectivity index (χ4v) is 3.57. The van der Waals surface area contributed by atoms with Gasteiger partial charge in [0.1, 0.15) is 5.00 Å². The molecule has 0 spiro atoms. The maximum atomic E-state index is 11.9.